The first-order valence-corrected chi connectivity index (χ1v) is 17.5. The number of amides is 2. The van der Waals surface area contributed by atoms with Crippen LogP contribution in [-0.4, -0.2) is 65.2 Å². The molecule has 4 heterocycles. The van der Waals surface area contributed by atoms with E-state index in [0.717, 1.165) is 75.0 Å². The minimum absolute atomic E-state index is 0. The number of aromatic nitrogens is 4. The van der Waals surface area contributed by atoms with Gasteiger partial charge in [0.2, 0.25) is 0 Å². The molecule has 8 saturated carbocycles. The monoisotopic (exact) mass is 671 g/mol. The molecule has 0 spiro atoms. The molecular formula is C36H42ClN7O4. The summed E-state index contributed by atoms with van der Waals surface area (Å²) in [5.74, 6) is 1.44. The SMILES string of the molecule is Cl.O=C(NC(=O)c1cnc2[nH]ccc2c1NC1[C@@H]2CC3C[C@H]1CC(O)(C3)C2)c1cnc2[nH]ccc2c1NC1[C@@H]2CC3C[C@H]1CC(O)(C3)C2. The van der Waals surface area contributed by atoms with Crippen molar-refractivity contribution in [1.29, 1.82) is 0 Å². The summed E-state index contributed by atoms with van der Waals surface area (Å²) < 4.78 is 0. The zero-order valence-electron chi connectivity index (χ0n) is 26.7. The van der Waals surface area contributed by atoms with Crippen molar-refractivity contribution < 1.29 is 19.8 Å². The number of halogens is 1. The van der Waals surface area contributed by atoms with Gasteiger partial charge in [-0.2, -0.15) is 0 Å². The first-order valence-electron chi connectivity index (χ1n) is 17.5. The van der Waals surface area contributed by atoms with E-state index in [4.69, 9.17) is 0 Å². The smallest absolute Gasteiger partial charge is 0.261 e. The molecule has 8 bridgehead atoms. The van der Waals surface area contributed by atoms with E-state index in [1.807, 2.05) is 24.5 Å². The summed E-state index contributed by atoms with van der Waals surface area (Å²) in [6, 6.07) is 4.12. The van der Waals surface area contributed by atoms with Gasteiger partial charge in [-0.15, -0.1) is 12.4 Å². The fourth-order valence-electron chi connectivity index (χ4n) is 11.7. The molecule has 2 amide bonds. The molecule has 7 N–H and O–H groups in total. The number of imide groups is 1. The molecule has 8 fully saturated rings. The number of nitrogens with zero attached hydrogens (tertiary/aromatic N) is 2. The Labute approximate surface area is 283 Å². The van der Waals surface area contributed by atoms with Crippen molar-refractivity contribution in [3.8, 4) is 0 Å². The summed E-state index contributed by atoms with van der Waals surface area (Å²) >= 11 is 0. The molecule has 10 atom stereocenters. The van der Waals surface area contributed by atoms with Gasteiger partial charge in [0.1, 0.15) is 11.3 Å². The summed E-state index contributed by atoms with van der Waals surface area (Å²) in [5.41, 5.74) is 2.22. The number of fused-ring (bicyclic) bond motifs is 2. The molecule has 0 saturated heterocycles. The molecule has 11 nitrogen and oxygen atoms in total. The lowest BCUT2D eigenvalue weighted by Gasteiger charge is -2.58. The number of hydrogen-bond donors (Lipinski definition) is 7. The molecule has 4 aromatic rings. The molecule has 8 aliphatic carbocycles. The molecule has 0 radical (unpaired) electrons. The maximum atomic E-state index is 14.0. The Morgan fingerprint density at radius 1 is 0.667 bits per heavy atom. The van der Waals surface area contributed by atoms with Crippen molar-refractivity contribution in [1.82, 2.24) is 25.3 Å². The Bertz CT molecular complexity index is 1790. The standard InChI is InChI=1S/C36H41N7O4.ClH/c44-33(25-15-39-31-23(1-3-37-31)29(25)41-27-19-5-17-6-20(27)12-35(46,9-17)11-19)43-34(45)26-16-40-32-24(2-4-38-32)30(26)42-28-21-7-18-8-22(28)14-36(47,10-18)13-21;/h1-4,15-22,27-28,46-47H,5-14H2,(H2,37,39,41)(H2,38,40,42)(H,43,44,45);1H/t17?,18?,19-,20+,21-,22+,27?,28?,35?,36?;. The maximum absolute atomic E-state index is 14.0. The summed E-state index contributed by atoms with van der Waals surface area (Å²) in [6.45, 7) is 0. The molecule has 0 aliphatic heterocycles. The highest BCUT2D eigenvalue weighted by Crippen LogP contribution is 2.58. The largest absolute Gasteiger partial charge is 0.390 e. The van der Waals surface area contributed by atoms with E-state index in [1.54, 1.807) is 12.4 Å². The molecule has 8 aliphatic rings. The van der Waals surface area contributed by atoms with Crippen LogP contribution in [-0.2, 0) is 0 Å². The van der Waals surface area contributed by atoms with E-state index in [-0.39, 0.29) is 24.5 Å². The van der Waals surface area contributed by atoms with Gasteiger partial charge in [-0.1, -0.05) is 0 Å². The number of H-pyrrole nitrogens is 2. The van der Waals surface area contributed by atoms with E-state index < -0.39 is 23.0 Å². The zero-order chi connectivity index (χ0) is 31.7. The average Bonchev–Trinajstić information content (AvgIpc) is 3.69. The summed E-state index contributed by atoms with van der Waals surface area (Å²) in [6.07, 6.45) is 16.0. The molecule has 252 valence electrons. The number of carbonyl (C=O) groups excluding carboxylic acids is 2. The lowest BCUT2D eigenvalue weighted by atomic mass is 9.52. The number of anilines is 2. The van der Waals surface area contributed by atoms with Gasteiger partial charge in [0.05, 0.1) is 33.7 Å². The van der Waals surface area contributed by atoms with Crippen LogP contribution in [0.25, 0.3) is 22.1 Å². The molecule has 0 aromatic carbocycles. The van der Waals surface area contributed by atoms with Gasteiger partial charge < -0.3 is 30.8 Å². The third kappa shape index (κ3) is 4.68. The van der Waals surface area contributed by atoms with Gasteiger partial charge in [0, 0.05) is 47.6 Å². The number of aliphatic hydroxyl groups is 2. The van der Waals surface area contributed by atoms with Crippen LogP contribution < -0.4 is 16.0 Å². The second kappa shape index (κ2) is 10.7. The fraction of sp³-hybridized carbons (Fsp3) is 0.556. The Morgan fingerprint density at radius 3 is 1.44 bits per heavy atom. The van der Waals surface area contributed by atoms with Crippen LogP contribution in [0.15, 0.2) is 36.9 Å². The number of aromatic amines is 2. The highest BCUT2D eigenvalue weighted by molar-refractivity contribution is 6.17. The van der Waals surface area contributed by atoms with E-state index in [2.05, 4.69) is 35.9 Å². The van der Waals surface area contributed by atoms with Crippen LogP contribution in [0, 0.1) is 35.5 Å². The molecule has 6 unspecified atom stereocenters. The van der Waals surface area contributed by atoms with E-state index in [0.29, 0.717) is 69.3 Å². The maximum Gasteiger partial charge on any atom is 0.261 e. The number of rotatable bonds is 6. The van der Waals surface area contributed by atoms with Crippen LogP contribution >= 0.6 is 12.4 Å². The number of nitrogens with one attached hydrogen (secondary N) is 5. The fourth-order valence-corrected chi connectivity index (χ4v) is 11.7. The van der Waals surface area contributed by atoms with Crippen LogP contribution in [0.4, 0.5) is 11.4 Å². The molecule has 12 rings (SSSR count). The van der Waals surface area contributed by atoms with Crippen LogP contribution in [0.5, 0.6) is 0 Å². The van der Waals surface area contributed by atoms with Gasteiger partial charge in [-0.3, -0.25) is 14.9 Å². The van der Waals surface area contributed by atoms with Crippen molar-refractivity contribution in [3.05, 3.63) is 48.0 Å². The van der Waals surface area contributed by atoms with Crippen molar-refractivity contribution in [3.63, 3.8) is 0 Å². The molecule has 48 heavy (non-hydrogen) atoms. The van der Waals surface area contributed by atoms with Crippen molar-refractivity contribution >= 4 is 57.7 Å². The van der Waals surface area contributed by atoms with Gasteiger partial charge in [0.25, 0.3) is 11.8 Å². The van der Waals surface area contributed by atoms with Crippen molar-refractivity contribution in [2.45, 2.75) is 87.5 Å². The Hall–Kier alpha value is -3.67. The molecule has 4 aromatic heterocycles. The predicted octanol–water partition coefficient (Wildman–Crippen LogP) is 5.13. The normalized spacial score (nSPS) is 37.1. The lowest BCUT2D eigenvalue weighted by Crippen LogP contribution is -2.59. The highest BCUT2D eigenvalue weighted by atomic mass is 35.5. The van der Waals surface area contributed by atoms with Gasteiger partial charge in [-0.25, -0.2) is 9.97 Å². The topological polar surface area (TPSA) is 168 Å². The van der Waals surface area contributed by atoms with E-state index in [9.17, 15) is 19.8 Å². The second-order valence-electron chi connectivity index (χ2n) is 16.1. The van der Waals surface area contributed by atoms with Crippen LogP contribution in [0.2, 0.25) is 0 Å². The Balaban J connectivity index is 0.00000314. The lowest BCUT2D eigenvalue weighted by molar-refractivity contribution is -0.129. The minimum Gasteiger partial charge on any atom is -0.390 e. The Morgan fingerprint density at radius 2 is 1.06 bits per heavy atom. The van der Waals surface area contributed by atoms with E-state index >= 15 is 0 Å². The summed E-state index contributed by atoms with van der Waals surface area (Å²) in [5, 5.41) is 34.1. The summed E-state index contributed by atoms with van der Waals surface area (Å²) in [7, 11) is 0. The first-order chi connectivity index (χ1) is 22.7. The molecule has 12 heteroatoms. The first kappa shape index (κ1) is 30.4. The quantitative estimate of drug-likeness (QED) is 0.138. The molecular weight excluding hydrogens is 630 g/mol. The Kier molecular flexibility index (Phi) is 6.75. The third-order valence-electron chi connectivity index (χ3n) is 13.0. The van der Waals surface area contributed by atoms with Crippen molar-refractivity contribution in [2.75, 3.05) is 10.6 Å². The van der Waals surface area contributed by atoms with Gasteiger partial charge in [-0.05, 0) is 112 Å². The highest BCUT2D eigenvalue weighted by Gasteiger charge is 2.56. The van der Waals surface area contributed by atoms with Crippen LogP contribution in [0.3, 0.4) is 0 Å². The third-order valence-corrected chi connectivity index (χ3v) is 13.0. The van der Waals surface area contributed by atoms with Crippen LogP contribution in [0.1, 0.15) is 84.9 Å². The van der Waals surface area contributed by atoms with E-state index in [1.165, 1.54) is 0 Å². The van der Waals surface area contributed by atoms with Crippen molar-refractivity contribution in [2.24, 2.45) is 35.5 Å². The summed E-state index contributed by atoms with van der Waals surface area (Å²) in [4.78, 5) is 43.4. The minimum atomic E-state index is -0.556. The van der Waals surface area contributed by atoms with Gasteiger partial charge in [0.15, 0.2) is 0 Å². The predicted molar refractivity (Wildman–Crippen MR) is 183 cm³/mol. The second-order valence-corrected chi connectivity index (χ2v) is 16.1. The number of pyridine rings is 2. The average molecular weight is 672 g/mol. The number of carbonyl (C=O) groups is 2. The van der Waals surface area contributed by atoms with Gasteiger partial charge >= 0.3 is 0 Å². The zero-order valence-corrected chi connectivity index (χ0v) is 27.5. The number of hydrogen-bond acceptors (Lipinski definition) is 8.